The van der Waals surface area contributed by atoms with Gasteiger partial charge in [0.2, 0.25) is 0 Å². The van der Waals surface area contributed by atoms with Crippen molar-refractivity contribution in [2.75, 3.05) is 0 Å². The Balaban J connectivity index is 0.000000148. The van der Waals surface area contributed by atoms with Crippen LogP contribution in [0.5, 0.6) is 0 Å². The van der Waals surface area contributed by atoms with E-state index in [9.17, 15) is 9.59 Å². The van der Waals surface area contributed by atoms with Crippen molar-refractivity contribution in [3.63, 3.8) is 0 Å². The van der Waals surface area contributed by atoms with Crippen molar-refractivity contribution < 1.29 is 0 Å². The molecule has 36 heavy (non-hydrogen) atoms. The molecule has 176 valence electrons. The monoisotopic (exact) mass is 512 g/mol. The lowest BCUT2D eigenvalue weighted by atomic mass is 10.0. The highest BCUT2D eigenvalue weighted by Gasteiger charge is 2.08. The number of rotatable bonds is 2. The first kappa shape index (κ1) is 23.5. The minimum Gasteiger partial charge on any atom is -0.268 e. The average molecular weight is 513 g/mol. The number of hydrogen-bond acceptors (Lipinski definition) is 4. The Kier molecular flexibility index (Phi) is 6.62. The Morgan fingerprint density at radius 1 is 0.556 bits per heavy atom. The van der Waals surface area contributed by atoms with Crippen molar-refractivity contribution in [3.8, 4) is 22.3 Å². The van der Waals surface area contributed by atoms with Gasteiger partial charge >= 0.3 is 0 Å². The van der Waals surface area contributed by atoms with E-state index >= 15 is 0 Å². The lowest BCUT2D eigenvalue weighted by Crippen LogP contribution is -2.19. The van der Waals surface area contributed by atoms with Crippen molar-refractivity contribution in [2.45, 2.75) is 0 Å². The summed E-state index contributed by atoms with van der Waals surface area (Å²) in [5, 5.41) is 17.3. The van der Waals surface area contributed by atoms with Gasteiger partial charge in [0.05, 0.1) is 5.56 Å². The second-order valence-corrected chi connectivity index (χ2v) is 8.74. The van der Waals surface area contributed by atoms with Crippen LogP contribution in [0, 0.1) is 0 Å². The molecule has 4 aromatic carbocycles. The van der Waals surface area contributed by atoms with Crippen molar-refractivity contribution in [3.05, 3.63) is 128 Å². The summed E-state index contributed by atoms with van der Waals surface area (Å²) < 4.78 is 0. The number of fused-ring (bicyclic) bond motifs is 2. The fourth-order valence-corrected chi connectivity index (χ4v) is 4.25. The predicted octanol–water partition coefficient (Wildman–Crippen LogP) is 6.49. The molecule has 2 N–H and O–H groups in total. The fourth-order valence-electron chi connectivity index (χ4n) is 3.90. The second-order valence-electron chi connectivity index (χ2n) is 8.00. The molecule has 2 heterocycles. The van der Waals surface area contributed by atoms with Crippen LogP contribution in [-0.2, 0) is 0 Å². The maximum atomic E-state index is 11.7. The highest BCUT2D eigenvalue weighted by Crippen LogP contribution is 2.30. The molecule has 0 aliphatic rings. The van der Waals surface area contributed by atoms with Crippen LogP contribution in [0.4, 0.5) is 0 Å². The van der Waals surface area contributed by atoms with Gasteiger partial charge in [-0.3, -0.25) is 19.8 Å². The molecule has 0 bridgehead atoms. The highest BCUT2D eigenvalue weighted by atomic mass is 35.5. The van der Waals surface area contributed by atoms with Gasteiger partial charge in [0, 0.05) is 11.6 Å². The number of H-pyrrole nitrogens is 2. The van der Waals surface area contributed by atoms with Gasteiger partial charge in [-0.05, 0) is 50.9 Å². The van der Waals surface area contributed by atoms with E-state index in [1.807, 2.05) is 60.7 Å². The van der Waals surface area contributed by atoms with Crippen LogP contribution < -0.4 is 11.1 Å². The van der Waals surface area contributed by atoms with E-state index in [-0.39, 0.29) is 11.1 Å². The minimum atomic E-state index is -0.322. The molecule has 2 aromatic heterocycles. The molecular weight excluding hydrogens is 495 g/mol. The molecular formula is C28H18Cl2N4O2. The van der Waals surface area contributed by atoms with E-state index in [1.54, 1.807) is 6.07 Å². The third-order valence-electron chi connectivity index (χ3n) is 5.66. The third kappa shape index (κ3) is 5.05. The van der Waals surface area contributed by atoms with E-state index in [4.69, 9.17) is 23.2 Å². The largest absolute Gasteiger partial charge is 0.270 e. The van der Waals surface area contributed by atoms with Crippen LogP contribution in [0.1, 0.15) is 0 Å². The molecule has 0 amide bonds. The molecule has 8 heteroatoms. The first-order valence-corrected chi connectivity index (χ1v) is 11.7. The van der Waals surface area contributed by atoms with Crippen LogP contribution >= 0.6 is 23.2 Å². The van der Waals surface area contributed by atoms with Gasteiger partial charge in [-0.1, -0.05) is 96.0 Å². The van der Waals surface area contributed by atoms with E-state index < -0.39 is 0 Å². The maximum Gasteiger partial charge on any atom is 0.270 e. The zero-order valence-electron chi connectivity index (χ0n) is 18.7. The van der Waals surface area contributed by atoms with Gasteiger partial charge in [0.25, 0.3) is 11.1 Å². The predicted molar refractivity (Wildman–Crippen MR) is 146 cm³/mol. The van der Waals surface area contributed by atoms with Crippen LogP contribution in [0.25, 0.3) is 43.8 Å². The lowest BCUT2D eigenvalue weighted by molar-refractivity contribution is 0.955. The van der Waals surface area contributed by atoms with Crippen molar-refractivity contribution >= 4 is 44.7 Å². The Bertz CT molecular complexity index is 1830. The molecule has 0 saturated carbocycles. The van der Waals surface area contributed by atoms with Gasteiger partial charge in [-0.2, -0.15) is 0 Å². The quantitative estimate of drug-likeness (QED) is 0.277. The van der Waals surface area contributed by atoms with E-state index in [2.05, 4.69) is 44.7 Å². The zero-order chi connectivity index (χ0) is 25.1. The summed E-state index contributed by atoms with van der Waals surface area (Å²) in [5.41, 5.74) is 2.27. The SMILES string of the molecule is Clc1cc(-c2ccc3ccccc3c2)c(Cl)nn1.O=c1cc(-c2ccc3ccccc3c2)c(=O)[nH][nH]1. The number of aromatic amines is 2. The number of nitrogens with zero attached hydrogens (tertiary/aromatic N) is 2. The highest BCUT2D eigenvalue weighted by molar-refractivity contribution is 6.33. The summed E-state index contributed by atoms with van der Waals surface area (Å²) in [6.45, 7) is 0. The molecule has 6 nitrogen and oxygen atoms in total. The van der Waals surface area contributed by atoms with Crippen LogP contribution in [0.15, 0.2) is 107 Å². The third-order valence-corrected chi connectivity index (χ3v) is 6.12. The smallest absolute Gasteiger partial charge is 0.268 e. The molecule has 6 rings (SSSR count). The molecule has 0 radical (unpaired) electrons. The summed E-state index contributed by atoms with van der Waals surface area (Å²) in [6, 6.07) is 30.8. The molecule has 6 aromatic rings. The fraction of sp³-hybridized carbons (Fsp3) is 0. The lowest BCUT2D eigenvalue weighted by Gasteiger charge is -2.05. The number of nitrogens with one attached hydrogen (secondary N) is 2. The van der Waals surface area contributed by atoms with Crippen molar-refractivity contribution in [1.29, 1.82) is 0 Å². The van der Waals surface area contributed by atoms with E-state index in [0.717, 1.165) is 32.8 Å². The Morgan fingerprint density at radius 3 is 1.72 bits per heavy atom. The van der Waals surface area contributed by atoms with E-state index in [1.165, 1.54) is 11.5 Å². The van der Waals surface area contributed by atoms with Gasteiger partial charge in [0.1, 0.15) is 0 Å². The number of aromatic nitrogens is 4. The molecule has 0 unspecified atom stereocenters. The molecule has 0 saturated heterocycles. The minimum absolute atomic E-state index is 0.301. The summed E-state index contributed by atoms with van der Waals surface area (Å²) >= 11 is 11.9. The summed E-state index contributed by atoms with van der Waals surface area (Å²) in [4.78, 5) is 22.9. The van der Waals surface area contributed by atoms with Gasteiger partial charge in [-0.25, -0.2) is 0 Å². The van der Waals surface area contributed by atoms with Gasteiger partial charge < -0.3 is 0 Å². The van der Waals surface area contributed by atoms with Crippen LogP contribution in [-0.4, -0.2) is 20.4 Å². The Labute approximate surface area is 215 Å². The summed E-state index contributed by atoms with van der Waals surface area (Å²) in [5.74, 6) is 0. The standard InChI is InChI=1S/C14H8Cl2N2.C14H10N2O2/c15-13-8-12(14(16)18-17-13)11-6-5-9-3-1-2-4-10(9)7-11;17-13-8-12(14(18)16-15-13)11-6-5-9-3-1-2-4-10(9)7-11/h1-8H;1-8H,(H,15,17)(H,16,18). The van der Waals surface area contributed by atoms with Gasteiger partial charge in [0.15, 0.2) is 10.3 Å². The molecule has 0 aliphatic carbocycles. The first-order valence-electron chi connectivity index (χ1n) is 11.0. The maximum absolute atomic E-state index is 11.7. The van der Waals surface area contributed by atoms with Gasteiger partial charge in [-0.15, -0.1) is 10.2 Å². The molecule has 0 fully saturated rings. The molecule has 0 atom stereocenters. The number of hydrogen-bond donors (Lipinski definition) is 2. The second kappa shape index (κ2) is 10.2. The molecule has 0 spiro atoms. The number of halogens is 2. The van der Waals surface area contributed by atoms with Crippen LogP contribution in [0.3, 0.4) is 0 Å². The van der Waals surface area contributed by atoms with Crippen molar-refractivity contribution in [2.24, 2.45) is 0 Å². The average Bonchev–Trinajstić information content (AvgIpc) is 2.91. The molecule has 0 aliphatic heterocycles. The Hall–Kier alpha value is -4.26. The Morgan fingerprint density at radius 2 is 1.11 bits per heavy atom. The van der Waals surface area contributed by atoms with Crippen LogP contribution in [0.2, 0.25) is 10.3 Å². The normalized spacial score (nSPS) is 10.7. The van der Waals surface area contributed by atoms with Crippen molar-refractivity contribution in [1.82, 2.24) is 20.4 Å². The topological polar surface area (TPSA) is 91.5 Å². The first-order chi connectivity index (χ1) is 17.5. The zero-order valence-corrected chi connectivity index (χ0v) is 20.2. The number of benzene rings is 4. The summed E-state index contributed by atoms with van der Waals surface area (Å²) in [7, 11) is 0. The van der Waals surface area contributed by atoms with E-state index in [0.29, 0.717) is 15.9 Å². The summed E-state index contributed by atoms with van der Waals surface area (Å²) in [6.07, 6.45) is 0.